The zero-order chi connectivity index (χ0) is 27.7. The van der Waals surface area contributed by atoms with Crippen LogP contribution in [0, 0.1) is 17.8 Å². The molecule has 1 fully saturated rings. The second-order valence-electron chi connectivity index (χ2n) is 10.5. The maximum atomic E-state index is 13.5. The number of nitrogens with zero attached hydrogens (tertiary/aromatic N) is 1. The lowest BCUT2D eigenvalue weighted by atomic mass is 9.82. The predicted molar refractivity (Wildman–Crippen MR) is 148 cm³/mol. The highest BCUT2D eigenvalue weighted by Crippen LogP contribution is 2.25. The van der Waals surface area contributed by atoms with E-state index in [1.165, 1.54) is 0 Å². The number of benzene rings is 2. The van der Waals surface area contributed by atoms with E-state index in [0.717, 1.165) is 18.4 Å². The Kier molecular flexibility index (Phi) is 10.4. The molecule has 7 heteroatoms. The summed E-state index contributed by atoms with van der Waals surface area (Å²) in [5.74, 6) is -2.21. The van der Waals surface area contributed by atoms with Gasteiger partial charge in [0, 0.05) is 24.2 Å². The number of carbonyl (C=O) groups is 4. The van der Waals surface area contributed by atoms with Crippen molar-refractivity contribution in [3.63, 3.8) is 0 Å². The molecular formula is C31H39N3O4. The fourth-order valence-corrected chi connectivity index (χ4v) is 5.08. The van der Waals surface area contributed by atoms with Gasteiger partial charge in [0.15, 0.2) is 5.78 Å². The van der Waals surface area contributed by atoms with Crippen molar-refractivity contribution in [3.8, 4) is 0 Å². The number of primary amides is 1. The lowest BCUT2D eigenvalue weighted by Crippen LogP contribution is -2.50. The van der Waals surface area contributed by atoms with Crippen LogP contribution >= 0.6 is 0 Å². The SMILES string of the molecule is C=CC[C@H](C(N)=O)C(CC(C)C)C(=O)N[C@H]1CCCCN(Cc2cccc(C(=O)c3ccccc3)c2)C1=O. The monoisotopic (exact) mass is 517 g/mol. The van der Waals surface area contributed by atoms with Crippen LogP contribution in [0.3, 0.4) is 0 Å². The summed E-state index contributed by atoms with van der Waals surface area (Å²) in [6, 6.07) is 15.7. The summed E-state index contributed by atoms with van der Waals surface area (Å²) in [7, 11) is 0. The van der Waals surface area contributed by atoms with Gasteiger partial charge in [0.05, 0.1) is 11.8 Å². The number of ketones is 1. The van der Waals surface area contributed by atoms with Crippen LogP contribution in [0.25, 0.3) is 0 Å². The zero-order valence-electron chi connectivity index (χ0n) is 22.4. The number of hydrogen-bond donors (Lipinski definition) is 2. The smallest absolute Gasteiger partial charge is 0.245 e. The van der Waals surface area contributed by atoms with Crippen molar-refractivity contribution < 1.29 is 19.2 Å². The Morgan fingerprint density at radius 3 is 2.42 bits per heavy atom. The number of amides is 3. The molecule has 1 saturated heterocycles. The molecule has 38 heavy (non-hydrogen) atoms. The van der Waals surface area contributed by atoms with E-state index in [9.17, 15) is 19.2 Å². The van der Waals surface area contributed by atoms with E-state index in [2.05, 4.69) is 11.9 Å². The van der Waals surface area contributed by atoms with Gasteiger partial charge in [0.25, 0.3) is 0 Å². The number of carbonyl (C=O) groups excluding carboxylic acids is 4. The van der Waals surface area contributed by atoms with Crippen LogP contribution in [0.15, 0.2) is 67.3 Å². The Bertz CT molecular complexity index is 1140. The van der Waals surface area contributed by atoms with Gasteiger partial charge in [-0.2, -0.15) is 0 Å². The molecule has 3 atom stereocenters. The topological polar surface area (TPSA) is 110 Å². The lowest BCUT2D eigenvalue weighted by molar-refractivity contribution is -0.139. The quantitative estimate of drug-likeness (QED) is 0.324. The van der Waals surface area contributed by atoms with Gasteiger partial charge in [-0.05, 0) is 49.7 Å². The molecule has 0 bridgehead atoms. The predicted octanol–water partition coefficient (Wildman–Crippen LogP) is 4.25. The minimum atomic E-state index is -0.675. The number of nitrogens with one attached hydrogen (secondary N) is 1. The van der Waals surface area contributed by atoms with Crippen molar-refractivity contribution in [1.29, 1.82) is 0 Å². The summed E-state index contributed by atoms with van der Waals surface area (Å²) in [6.07, 6.45) is 4.54. The van der Waals surface area contributed by atoms with Gasteiger partial charge in [0.1, 0.15) is 6.04 Å². The first-order valence-electron chi connectivity index (χ1n) is 13.4. The molecule has 2 aromatic rings. The molecule has 1 heterocycles. The van der Waals surface area contributed by atoms with Gasteiger partial charge < -0.3 is 16.0 Å². The third-order valence-electron chi connectivity index (χ3n) is 7.03. The molecule has 0 aliphatic carbocycles. The molecule has 0 aromatic heterocycles. The molecular weight excluding hydrogens is 478 g/mol. The molecule has 0 radical (unpaired) electrons. The fourth-order valence-electron chi connectivity index (χ4n) is 5.08. The molecule has 1 aliphatic heterocycles. The molecule has 3 rings (SSSR count). The summed E-state index contributed by atoms with van der Waals surface area (Å²) >= 11 is 0. The molecule has 7 nitrogen and oxygen atoms in total. The van der Waals surface area contributed by atoms with Crippen molar-refractivity contribution in [2.24, 2.45) is 23.5 Å². The lowest BCUT2D eigenvalue weighted by Gasteiger charge is -2.29. The van der Waals surface area contributed by atoms with E-state index >= 15 is 0 Å². The molecule has 1 unspecified atom stereocenters. The molecule has 3 N–H and O–H groups in total. The van der Waals surface area contributed by atoms with Crippen LogP contribution in [0.1, 0.15) is 67.4 Å². The first kappa shape index (κ1) is 28.8. The van der Waals surface area contributed by atoms with Crippen molar-refractivity contribution in [2.45, 2.75) is 58.5 Å². The third-order valence-corrected chi connectivity index (χ3v) is 7.03. The highest BCUT2D eigenvalue weighted by atomic mass is 16.2. The van der Waals surface area contributed by atoms with E-state index in [0.29, 0.717) is 43.5 Å². The maximum Gasteiger partial charge on any atom is 0.245 e. The van der Waals surface area contributed by atoms with E-state index in [1.807, 2.05) is 50.2 Å². The summed E-state index contributed by atoms with van der Waals surface area (Å²) in [5.41, 5.74) is 7.66. The van der Waals surface area contributed by atoms with E-state index in [4.69, 9.17) is 5.73 Å². The number of likely N-dealkylation sites (tertiary alicyclic amines) is 1. The zero-order valence-corrected chi connectivity index (χ0v) is 22.4. The van der Waals surface area contributed by atoms with Crippen LogP contribution in [0.2, 0.25) is 0 Å². The van der Waals surface area contributed by atoms with E-state index in [-0.39, 0.29) is 23.5 Å². The highest BCUT2D eigenvalue weighted by molar-refractivity contribution is 6.09. The first-order valence-corrected chi connectivity index (χ1v) is 13.4. The van der Waals surface area contributed by atoms with Crippen LogP contribution in [-0.2, 0) is 20.9 Å². The average molecular weight is 518 g/mol. The fraction of sp³-hybridized carbons (Fsp3) is 0.419. The molecule has 0 saturated carbocycles. The standard InChI is InChI=1S/C31H39N3O4/c1-4-11-25(29(32)36)26(18-21(2)3)30(37)33-27-16-8-9-17-34(31(27)38)20-22-12-10-15-24(19-22)28(35)23-13-6-5-7-14-23/h4-7,10,12-15,19,21,25-27H,1,8-9,11,16-18,20H2,2-3H3,(H2,32,36)(H,33,37)/t25-,26?,27-/m0/s1. The van der Waals surface area contributed by atoms with Crippen LogP contribution in [0.5, 0.6) is 0 Å². The third kappa shape index (κ3) is 7.63. The Hall–Kier alpha value is -3.74. The Morgan fingerprint density at radius 2 is 1.76 bits per heavy atom. The second-order valence-corrected chi connectivity index (χ2v) is 10.5. The van der Waals surface area contributed by atoms with Gasteiger partial charge in [-0.25, -0.2) is 0 Å². The van der Waals surface area contributed by atoms with Crippen molar-refractivity contribution >= 4 is 23.5 Å². The Morgan fingerprint density at radius 1 is 1.05 bits per heavy atom. The Balaban J connectivity index is 1.75. The minimum Gasteiger partial charge on any atom is -0.369 e. The number of hydrogen-bond acceptors (Lipinski definition) is 4. The summed E-state index contributed by atoms with van der Waals surface area (Å²) in [6.45, 7) is 8.59. The molecule has 3 amide bonds. The maximum absolute atomic E-state index is 13.5. The molecule has 0 spiro atoms. The second kappa shape index (κ2) is 13.7. The highest BCUT2D eigenvalue weighted by Gasteiger charge is 2.35. The van der Waals surface area contributed by atoms with Crippen molar-refractivity contribution in [2.75, 3.05) is 6.54 Å². The summed E-state index contributed by atoms with van der Waals surface area (Å²) in [4.78, 5) is 53.7. The van der Waals surface area contributed by atoms with E-state index < -0.39 is 23.8 Å². The van der Waals surface area contributed by atoms with Gasteiger partial charge in [-0.3, -0.25) is 19.2 Å². The van der Waals surface area contributed by atoms with Crippen LogP contribution in [-0.4, -0.2) is 41.0 Å². The van der Waals surface area contributed by atoms with Crippen LogP contribution in [0.4, 0.5) is 0 Å². The summed E-state index contributed by atoms with van der Waals surface area (Å²) < 4.78 is 0. The van der Waals surface area contributed by atoms with Crippen molar-refractivity contribution in [1.82, 2.24) is 10.2 Å². The van der Waals surface area contributed by atoms with Crippen LogP contribution < -0.4 is 11.1 Å². The first-order chi connectivity index (χ1) is 18.2. The number of nitrogens with two attached hydrogens (primary N) is 1. The normalized spacial score (nSPS) is 17.4. The summed E-state index contributed by atoms with van der Waals surface area (Å²) in [5, 5.41) is 2.95. The Labute approximate surface area is 225 Å². The van der Waals surface area contributed by atoms with Gasteiger partial charge in [-0.15, -0.1) is 6.58 Å². The van der Waals surface area contributed by atoms with E-state index in [1.54, 1.807) is 29.2 Å². The molecule has 2 aromatic carbocycles. The minimum absolute atomic E-state index is 0.0699. The molecule has 1 aliphatic rings. The van der Waals surface area contributed by atoms with Gasteiger partial charge in [0.2, 0.25) is 17.7 Å². The van der Waals surface area contributed by atoms with Crippen molar-refractivity contribution in [3.05, 3.63) is 83.9 Å². The number of allylic oxidation sites excluding steroid dienone is 1. The molecule has 202 valence electrons. The number of rotatable bonds is 12. The average Bonchev–Trinajstić information content (AvgIpc) is 3.07. The van der Waals surface area contributed by atoms with Gasteiger partial charge in [-0.1, -0.05) is 68.5 Å². The largest absolute Gasteiger partial charge is 0.369 e. The van der Waals surface area contributed by atoms with Gasteiger partial charge >= 0.3 is 0 Å².